The lowest BCUT2D eigenvalue weighted by atomic mass is 10.3. The Morgan fingerprint density at radius 1 is 1.07 bits per heavy atom. The van der Waals surface area contributed by atoms with E-state index >= 15 is 0 Å². The molecule has 0 aromatic heterocycles. The fourth-order valence-electron chi connectivity index (χ4n) is 1.39. The van der Waals surface area contributed by atoms with Crippen molar-refractivity contribution in [3.05, 3.63) is 12.2 Å². The van der Waals surface area contributed by atoms with Crippen LogP contribution < -0.4 is 5.32 Å². The van der Waals surface area contributed by atoms with E-state index in [0.29, 0.717) is 0 Å². The molecular formula is C14H22NO11P. The summed E-state index contributed by atoms with van der Waals surface area (Å²) in [6.45, 7) is -0.0166. The Morgan fingerprint density at radius 2 is 1.74 bits per heavy atom. The predicted octanol–water partition coefficient (Wildman–Crippen LogP) is -1.15. The molecule has 0 aromatic carbocycles. The van der Waals surface area contributed by atoms with E-state index in [1.165, 1.54) is 0 Å². The Balaban J connectivity index is 4.26. The highest BCUT2D eigenvalue weighted by molar-refractivity contribution is 7.47. The van der Waals surface area contributed by atoms with E-state index in [1.807, 2.05) is 0 Å². The quantitative estimate of drug-likeness (QED) is 0.144. The average molecular weight is 411 g/mol. The molecule has 0 aromatic rings. The topological polar surface area (TPSA) is 175 Å². The van der Waals surface area contributed by atoms with Crippen molar-refractivity contribution in [1.82, 2.24) is 5.32 Å². The molecule has 0 heterocycles. The molecule has 0 aliphatic heterocycles. The van der Waals surface area contributed by atoms with Crippen LogP contribution in [0.25, 0.3) is 0 Å². The van der Waals surface area contributed by atoms with Gasteiger partial charge in [-0.2, -0.15) is 0 Å². The third kappa shape index (κ3) is 14.7. The molecule has 27 heavy (non-hydrogen) atoms. The number of nitrogens with one attached hydrogen (secondary N) is 1. The van der Waals surface area contributed by atoms with E-state index in [-0.39, 0.29) is 13.2 Å². The first-order chi connectivity index (χ1) is 12.6. The summed E-state index contributed by atoms with van der Waals surface area (Å²) >= 11 is 0. The molecule has 0 saturated heterocycles. The number of aliphatic hydroxyl groups excluding tert-OH is 1. The average Bonchev–Trinajstić information content (AvgIpc) is 2.58. The van der Waals surface area contributed by atoms with E-state index < -0.39 is 57.4 Å². The van der Waals surface area contributed by atoms with Crippen LogP contribution in [-0.4, -0.2) is 72.7 Å². The molecule has 2 atom stereocenters. The SMILES string of the molecule is CC(=O)OCC(COP(=O)(O)OCCNC(=O)/C=C\C(=O)CO)OC(C)=O. The Labute approximate surface area is 155 Å². The van der Waals surface area contributed by atoms with Crippen LogP contribution in [0.1, 0.15) is 13.8 Å². The third-order valence-corrected chi connectivity index (χ3v) is 3.45. The van der Waals surface area contributed by atoms with Crippen molar-refractivity contribution >= 4 is 31.5 Å². The summed E-state index contributed by atoms with van der Waals surface area (Å²) in [5.41, 5.74) is 0. The summed E-state index contributed by atoms with van der Waals surface area (Å²) in [6, 6.07) is 0. The first-order valence-electron chi connectivity index (χ1n) is 7.57. The first kappa shape index (κ1) is 24.9. The van der Waals surface area contributed by atoms with E-state index in [2.05, 4.69) is 19.1 Å². The molecule has 0 radical (unpaired) electrons. The number of phosphoric acid groups is 1. The van der Waals surface area contributed by atoms with Gasteiger partial charge in [0.1, 0.15) is 13.2 Å². The molecule has 0 bridgehead atoms. The van der Waals surface area contributed by atoms with Gasteiger partial charge < -0.3 is 24.8 Å². The molecule has 0 fully saturated rings. The highest BCUT2D eigenvalue weighted by Gasteiger charge is 2.25. The van der Waals surface area contributed by atoms with Gasteiger partial charge in [0, 0.05) is 26.5 Å². The summed E-state index contributed by atoms with van der Waals surface area (Å²) in [7, 11) is -4.52. The summed E-state index contributed by atoms with van der Waals surface area (Å²) in [6.07, 6.45) is 0.644. The van der Waals surface area contributed by atoms with Crippen LogP contribution in [-0.2, 0) is 42.3 Å². The molecule has 0 aliphatic carbocycles. The van der Waals surface area contributed by atoms with Crippen LogP contribution in [0.3, 0.4) is 0 Å². The van der Waals surface area contributed by atoms with E-state index in [9.17, 15) is 28.6 Å². The minimum Gasteiger partial charge on any atom is -0.462 e. The number of carbonyl (C=O) groups excluding carboxylic acids is 4. The number of aliphatic hydroxyl groups is 1. The maximum absolute atomic E-state index is 11.7. The molecule has 154 valence electrons. The van der Waals surface area contributed by atoms with Gasteiger partial charge in [0.2, 0.25) is 5.91 Å². The molecule has 0 saturated carbocycles. The molecule has 0 rings (SSSR count). The normalized spacial score (nSPS) is 14.2. The van der Waals surface area contributed by atoms with E-state index in [1.54, 1.807) is 0 Å². The largest absolute Gasteiger partial charge is 0.472 e. The van der Waals surface area contributed by atoms with Crippen LogP contribution in [0.2, 0.25) is 0 Å². The fraction of sp³-hybridized carbons (Fsp3) is 0.571. The molecule has 2 unspecified atom stereocenters. The van der Waals surface area contributed by atoms with Crippen LogP contribution >= 0.6 is 7.82 Å². The monoisotopic (exact) mass is 411 g/mol. The smallest absolute Gasteiger partial charge is 0.462 e. The lowest BCUT2D eigenvalue weighted by molar-refractivity contribution is -0.158. The molecule has 1 amide bonds. The van der Waals surface area contributed by atoms with Crippen LogP contribution in [0.4, 0.5) is 0 Å². The summed E-state index contributed by atoms with van der Waals surface area (Å²) in [5.74, 6) is -2.68. The summed E-state index contributed by atoms with van der Waals surface area (Å²) in [5, 5.41) is 10.7. The van der Waals surface area contributed by atoms with Crippen molar-refractivity contribution in [2.75, 3.05) is 33.0 Å². The van der Waals surface area contributed by atoms with E-state index in [0.717, 1.165) is 26.0 Å². The van der Waals surface area contributed by atoms with Crippen molar-refractivity contribution in [2.45, 2.75) is 20.0 Å². The van der Waals surface area contributed by atoms with Gasteiger partial charge in [0.25, 0.3) is 0 Å². The molecule has 0 spiro atoms. The van der Waals surface area contributed by atoms with Gasteiger partial charge in [-0.25, -0.2) is 4.57 Å². The highest BCUT2D eigenvalue weighted by atomic mass is 31.2. The number of phosphoric ester groups is 1. The fourth-order valence-corrected chi connectivity index (χ4v) is 2.14. The number of carbonyl (C=O) groups is 4. The number of rotatable bonds is 13. The number of amides is 1. The van der Waals surface area contributed by atoms with Crippen molar-refractivity contribution in [3.63, 3.8) is 0 Å². The zero-order chi connectivity index (χ0) is 20.9. The lowest BCUT2D eigenvalue weighted by Gasteiger charge is -2.18. The Morgan fingerprint density at radius 3 is 2.30 bits per heavy atom. The van der Waals surface area contributed by atoms with Gasteiger partial charge in [0.05, 0.1) is 13.2 Å². The molecule has 12 nitrogen and oxygen atoms in total. The Hall–Kier alpha value is -2.11. The van der Waals surface area contributed by atoms with Crippen LogP contribution in [0, 0.1) is 0 Å². The molecular weight excluding hydrogens is 389 g/mol. The van der Waals surface area contributed by atoms with Crippen LogP contribution in [0.15, 0.2) is 12.2 Å². The zero-order valence-corrected chi connectivity index (χ0v) is 15.7. The predicted molar refractivity (Wildman–Crippen MR) is 88.2 cm³/mol. The maximum Gasteiger partial charge on any atom is 0.472 e. The van der Waals surface area contributed by atoms with Gasteiger partial charge >= 0.3 is 19.8 Å². The molecule has 0 aliphatic rings. The van der Waals surface area contributed by atoms with Crippen molar-refractivity contribution in [3.8, 4) is 0 Å². The third-order valence-electron chi connectivity index (χ3n) is 2.46. The molecule has 3 N–H and O–H groups in total. The van der Waals surface area contributed by atoms with Gasteiger partial charge in [0.15, 0.2) is 11.9 Å². The van der Waals surface area contributed by atoms with Crippen LogP contribution in [0.5, 0.6) is 0 Å². The second kappa shape index (κ2) is 13.1. The van der Waals surface area contributed by atoms with Gasteiger partial charge in [-0.3, -0.25) is 28.2 Å². The van der Waals surface area contributed by atoms with Gasteiger partial charge in [-0.05, 0) is 6.08 Å². The number of esters is 2. The lowest BCUT2D eigenvalue weighted by Crippen LogP contribution is -2.28. The first-order valence-corrected chi connectivity index (χ1v) is 9.07. The summed E-state index contributed by atoms with van der Waals surface area (Å²) < 4.78 is 30.4. The second-order valence-corrected chi connectivity index (χ2v) is 6.33. The van der Waals surface area contributed by atoms with Crippen molar-refractivity contribution in [1.29, 1.82) is 0 Å². The Kier molecular flexibility index (Phi) is 12.1. The minimum atomic E-state index is -4.52. The second-order valence-electron chi connectivity index (χ2n) is 4.88. The van der Waals surface area contributed by atoms with Crippen molar-refractivity contribution < 1.29 is 52.3 Å². The highest BCUT2D eigenvalue weighted by Crippen LogP contribution is 2.43. The standard InChI is InChI=1S/C14H22NO11P/c1-10(17)23-8-13(26-11(2)18)9-25-27(21,22)24-6-5-15-14(20)4-3-12(19)7-16/h3-4,13,16H,5-9H2,1-2H3,(H,15,20)(H,21,22)/b4-3-. The number of hydrogen-bond donors (Lipinski definition) is 3. The number of ketones is 1. The van der Waals surface area contributed by atoms with Gasteiger partial charge in [-0.1, -0.05) is 0 Å². The number of hydrogen-bond acceptors (Lipinski definition) is 10. The number of ether oxygens (including phenoxy) is 2. The summed E-state index contributed by atoms with van der Waals surface area (Å²) in [4.78, 5) is 53.3. The maximum atomic E-state index is 11.7. The molecule has 13 heteroatoms. The Bertz CT molecular complexity index is 604. The minimum absolute atomic E-state index is 0.175. The van der Waals surface area contributed by atoms with E-state index in [4.69, 9.17) is 9.84 Å². The van der Waals surface area contributed by atoms with Gasteiger partial charge in [-0.15, -0.1) is 0 Å². The zero-order valence-electron chi connectivity index (χ0n) is 14.8. The van der Waals surface area contributed by atoms with Crippen molar-refractivity contribution in [2.24, 2.45) is 0 Å².